The van der Waals surface area contributed by atoms with Crippen molar-refractivity contribution in [1.29, 1.82) is 0 Å². The average Bonchev–Trinajstić information content (AvgIpc) is 2.66. The molecule has 1 aromatic carbocycles. The standard InChI is InChI=1S/C11H13N3/c1-8-3-2-4-9(5-8)11-6-10(7-12)13-14-11/h2-6H,7,12H2,1H3,(H,13,14). The van der Waals surface area contributed by atoms with E-state index in [1.165, 1.54) is 5.56 Å². The summed E-state index contributed by atoms with van der Waals surface area (Å²) in [5.74, 6) is 0. The average molecular weight is 187 g/mol. The van der Waals surface area contributed by atoms with Crippen LogP contribution in [0.5, 0.6) is 0 Å². The number of benzene rings is 1. The molecular formula is C11H13N3. The van der Waals surface area contributed by atoms with Crippen LogP contribution in [0.15, 0.2) is 30.3 Å². The molecule has 0 atom stereocenters. The summed E-state index contributed by atoms with van der Waals surface area (Å²) in [5, 5.41) is 7.09. The highest BCUT2D eigenvalue weighted by molar-refractivity contribution is 5.60. The molecular weight excluding hydrogens is 174 g/mol. The van der Waals surface area contributed by atoms with Crippen LogP contribution in [-0.2, 0) is 6.54 Å². The van der Waals surface area contributed by atoms with E-state index in [-0.39, 0.29) is 0 Å². The Labute approximate surface area is 83.0 Å². The van der Waals surface area contributed by atoms with Crippen LogP contribution in [0.25, 0.3) is 11.3 Å². The van der Waals surface area contributed by atoms with E-state index >= 15 is 0 Å². The highest BCUT2D eigenvalue weighted by Gasteiger charge is 2.02. The number of hydrogen-bond acceptors (Lipinski definition) is 2. The molecule has 0 fully saturated rings. The number of nitrogens with two attached hydrogens (primary N) is 1. The molecule has 0 saturated carbocycles. The number of nitrogens with one attached hydrogen (secondary N) is 1. The van der Waals surface area contributed by atoms with Gasteiger partial charge in [0.2, 0.25) is 0 Å². The molecule has 3 N–H and O–H groups in total. The van der Waals surface area contributed by atoms with Gasteiger partial charge in [0.1, 0.15) is 0 Å². The maximum atomic E-state index is 5.50. The van der Waals surface area contributed by atoms with E-state index in [1.807, 2.05) is 18.2 Å². The molecule has 2 rings (SSSR count). The minimum absolute atomic E-state index is 0.499. The molecule has 0 spiro atoms. The third-order valence-corrected chi connectivity index (χ3v) is 2.16. The normalized spacial score (nSPS) is 10.4. The van der Waals surface area contributed by atoms with Crippen molar-refractivity contribution < 1.29 is 0 Å². The monoisotopic (exact) mass is 187 g/mol. The molecule has 0 aliphatic heterocycles. The van der Waals surface area contributed by atoms with Crippen LogP contribution in [0.4, 0.5) is 0 Å². The molecule has 0 unspecified atom stereocenters. The van der Waals surface area contributed by atoms with Crippen LogP contribution >= 0.6 is 0 Å². The van der Waals surface area contributed by atoms with Crippen LogP contribution < -0.4 is 5.73 Å². The molecule has 0 aliphatic carbocycles. The van der Waals surface area contributed by atoms with E-state index in [2.05, 4.69) is 29.3 Å². The largest absolute Gasteiger partial charge is 0.325 e. The smallest absolute Gasteiger partial charge is 0.0924 e. The second-order valence-electron chi connectivity index (χ2n) is 3.35. The van der Waals surface area contributed by atoms with Crippen LogP contribution in [0.1, 0.15) is 11.3 Å². The summed E-state index contributed by atoms with van der Waals surface area (Å²) in [7, 11) is 0. The van der Waals surface area contributed by atoms with Gasteiger partial charge in [-0.05, 0) is 19.1 Å². The third-order valence-electron chi connectivity index (χ3n) is 2.16. The number of nitrogens with zero attached hydrogens (tertiary/aromatic N) is 1. The number of aromatic nitrogens is 2. The molecule has 0 aliphatic rings. The third kappa shape index (κ3) is 1.67. The SMILES string of the molecule is Cc1cccc(-c2cc(CN)[nH]n2)c1. The predicted molar refractivity (Wildman–Crippen MR) is 56.7 cm³/mol. The number of aromatic amines is 1. The molecule has 0 radical (unpaired) electrons. The molecule has 0 saturated heterocycles. The first kappa shape index (κ1) is 8.97. The van der Waals surface area contributed by atoms with Crippen molar-refractivity contribution in [3.05, 3.63) is 41.6 Å². The minimum atomic E-state index is 0.499. The van der Waals surface area contributed by atoms with Crippen LogP contribution in [0, 0.1) is 6.92 Å². The fraction of sp³-hybridized carbons (Fsp3) is 0.182. The summed E-state index contributed by atoms with van der Waals surface area (Å²) in [6.45, 7) is 2.57. The molecule has 0 amide bonds. The Hall–Kier alpha value is -1.61. The molecule has 0 bridgehead atoms. The Balaban J connectivity index is 2.39. The number of H-pyrrole nitrogens is 1. The van der Waals surface area contributed by atoms with Gasteiger partial charge in [-0.15, -0.1) is 0 Å². The Bertz CT molecular complexity index is 432. The van der Waals surface area contributed by atoms with Crippen molar-refractivity contribution in [3.63, 3.8) is 0 Å². The molecule has 14 heavy (non-hydrogen) atoms. The van der Waals surface area contributed by atoms with Gasteiger partial charge in [-0.25, -0.2) is 0 Å². The van der Waals surface area contributed by atoms with Crippen molar-refractivity contribution >= 4 is 0 Å². The van der Waals surface area contributed by atoms with Crippen molar-refractivity contribution in [2.45, 2.75) is 13.5 Å². The van der Waals surface area contributed by atoms with Gasteiger partial charge >= 0.3 is 0 Å². The van der Waals surface area contributed by atoms with Gasteiger partial charge in [0.05, 0.1) is 5.69 Å². The number of rotatable bonds is 2. The number of hydrogen-bond donors (Lipinski definition) is 2. The van der Waals surface area contributed by atoms with E-state index in [4.69, 9.17) is 5.73 Å². The van der Waals surface area contributed by atoms with Gasteiger partial charge in [-0.3, -0.25) is 5.10 Å². The lowest BCUT2D eigenvalue weighted by atomic mass is 10.1. The molecule has 3 nitrogen and oxygen atoms in total. The maximum Gasteiger partial charge on any atom is 0.0924 e. The van der Waals surface area contributed by atoms with Gasteiger partial charge in [0.15, 0.2) is 0 Å². The summed E-state index contributed by atoms with van der Waals surface area (Å²) < 4.78 is 0. The minimum Gasteiger partial charge on any atom is -0.325 e. The maximum absolute atomic E-state index is 5.50. The van der Waals surface area contributed by atoms with Crippen molar-refractivity contribution in [3.8, 4) is 11.3 Å². The number of aryl methyl sites for hydroxylation is 1. The summed E-state index contributed by atoms with van der Waals surface area (Å²) >= 11 is 0. The first-order chi connectivity index (χ1) is 6.79. The molecule has 1 aromatic heterocycles. The topological polar surface area (TPSA) is 54.7 Å². The van der Waals surface area contributed by atoms with Crippen molar-refractivity contribution in [1.82, 2.24) is 10.2 Å². The first-order valence-electron chi connectivity index (χ1n) is 4.61. The zero-order valence-electron chi connectivity index (χ0n) is 8.12. The zero-order chi connectivity index (χ0) is 9.97. The van der Waals surface area contributed by atoms with Gasteiger partial charge < -0.3 is 5.73 Å². The van der Waals surface area contributed by atoms with E-state index in [0.717, 1.165) is 17.0 Å². The van der Waals surface area contributed by atoms with Gasteiger partial charge in [-0.2, -0.15) is 5.10 Å². The lowest BCUT2D eigenvalue weighted by Crippen LogP contribution is -1.95. The Morgan fingerprint density at radius 2 is 2.21 bits per heavy atom. The molecule has 3 heteroatoms. The molecule has 1 heterocycles. The van der Waals surface area contributed by atoms with Crippen LogP contribution in [0.2, 0.25) is 0 Å². The van der Waals surface area contributed by atoms with Crippen molar-refractivity contribution in [2.24, 2.45) is 5.73 Å². The predicted octanol–water partition coefficient (Wildman–Crippen LogP) is 1.84. The first-order valence-corrected chi connectivity index (χ1v) is 4.61. The summed E-state index contributed by atoms with van der Waals surface area (Å²) in [5.41, 5.74) is 9.77. The van der Waals surface area contributed by atoms with Crippen LogP contribution in [-0.4, -0.2) is 10.2 Å². The summed E-state index contributed by atoms with van der Waals surface area (Å²) in [4.78, 5) is 0. The Morgan fingerprint density at radius 1 is 1.36 bits per heavy atom. The fourth-order valence-corrected chi connectivity index (χ4v) is 1.42. The highest BCUT2D eigenvalue weighted by atomic mass is 15.1. The Morgan fingerprint density at radius 3 is 2.86 bits per heavy atom. The highest BCUT2D eigenvalue weighted by Crippen LogP contribution is 2.18. The fourth-order valence-electron chi connectivity index (χ4n) is 1.42. The van der Waals surface area contributed by atoms with E-state index in [1.54, 1.807) is 0 Å². The van der Waals surface area contributed by atoms with Crippen molar-refractivity contribution in [2.75, 3.05) is 0 Å². The van der Waals surface area contributed by atoms with Gasteiger partial charge in [-0.1, -0.05) is 23.8 Å². The van der Waals surface area contributed by atoms with Gasteiger partial charge in [0.25, 0.3) is 0 Å². The second-order valence-corrected chi connectivity index (χ2v) is 3.35. The lowest BCUT2D eigenvalue weighted by molar-refractivity contribution is 0.948. The van der Waals surface area contributed by atoms with E-state index in [9.17, 15) is 0 Å². The lowest BCUT2D eigenvalue weighted by Gasteiger charge is -1.96. The quantitative estimate of drug-likeness (QED) is 0.753. The van der Waals surface area contributed by atoms with E-state index in [0.29, 0.717) is 6.54 Å². The van der Waals surface area contributed by atoms with Gasteiger partial charge in [0, 0.05) is 17.8 Å². The molecule has 2 aromatic rings. The second kappa shape index (κ2) is 3.64. The zero-order valence-corrected chi connectivity index (χ0v) is 8.12. The van der Waals surface area contributed by atoms with E-state index < -0.39 is 0 Å². The summed E-state index contributed by atoms with van der Waals surface area (Å²) in [6, 6.07) is 10.2. The Kier molecular flexibility index (Phi) is 2.33. The molecule has 72 valence electrons. The van der Waals surface area contributed by atoms with Crippen LogP contribution in [0.3, 0.4) is 0 Å². The summed E-state index contributed by atoms with van der Waals surface area (Å²) in [6.07, 6.45) is 0.